The van der Waals surface area contributed by atoms with E-state index in [1.165, 1.54) is 23.9 Å². The van der Waals surface area contributed by atoms with Crippen molar-refractivity contribution in [2.75, 3.05) is 26.3 Å². The van der Waals surface area contributed by atoms with Crippen LogP contribution in [0.15, 0.2) is 52.5 Å². The summed E-state index contributed by atoms with van der Waals surface area (Å²) in [5.41, 5.74) is 2.43. The van der Waals surface area contributed by atoms with Gasteiger partial charge in [0.15, 0.2) is 5.16 Å². The normalized spacial score (nSPS) is 17.1. The van der Waals surface area contributed by atoms with Crippen LogP contribution < -0.4 is 4.74 Å². The number of benzene rings is 2. The van der Waals surface area contributed by atoms with Crippen molar-refractivity contribution in [2.24, 2.45) is 5.92 Å². The van der Waals surface area contributed by atoms with Gasteiger partial charge in [-0.25, -0.2) is 13.4 Å². The summed E-state index contributed by atoms with van der Waals surface area (Å²) in [6, 6.07) is 11.7. The van der Waals surface area contributed by atoms with Gasteiger partial charge in [0.05, 0.1) is 15.9 Å². The summed E-state index contributed by atoms with van der Waals surface area (Å²) in [7, 11) is -3.59. The number of fused-ring (bicyclic) bond motifs is 1. The third kappa shape index (κ3) is 7.01. The van der Waals surface area contributed by atoms with Gasteiger partial charge in [-0.15, -0.1) is 0 Å². The third-order valence-electron chi connectivity index (χ3n) is 6.33. The summed E-state index contributed by atoms with van der Waals surface area (Å²) in [6.45, 7) is 4.19. The van der Waals surface area contributed by atoms with Crippen LogP contribution in [0.1, 0.15) is 38.7 Å². The molecule has 3 aromatic rings. The molecule has 37 heavy (non-hydrogen) atoms. The fourth-order valence-electron chi connectivity index (χ4n) is 4.47. The highest BCUT2D eigenvalue weighted by atomic mass is 32.2. The molecule has 202 valence electrons. The lowest BCUT2D eigenvalue weighted by molar-refractivity contribution is -0.0498. The Kier molecular flexibility index (Phi) is 9.44. The number of aromatic nitrogens is 2. The van der Waals surface area contributed by atoms with Crippen LogP contribution in [-0.2, 0) is 27.1 Å². The molecule has 1 fully saturated rings. The molecule has 1 aliphatic heterocycles. The second-order valence-corrected chi connectivity index (χ2v) is 12.0. The molecule has 0 amide bonds. The fourth-order valence-corrected chi connectivity index (χ4v) is 7.09. The Hall–Kier alpha value is -2.21. The third-order valence-corrected chi connectivity index (χ3v) is 9.24. The predicted molar refractivity (Wildman–Crippen MR) is 141 cm³/mol. The van der Waals surface area contributed by atoms with Gasteiger partial charge in [-0.3, -0.25) is 0 Å². The van der Waals surface area contributed by atoms with Crippen LogP contribution in [0.2, 0.25) is 0 Å². The standard InChI is InChI=1S/C26H33F2N3O4S2/c1-3-34-15-5-14-31-24-12-11-22(37(32,33)30-13-4-6-19(2)17-30)16-23(24)29-26(31)36-18-20-7-9-21(10-8-20)35-25(27)28/h7-12,16,19,25H,3-6,13-15,17-18H2,1-2H3/t19-/m1/s1. The first kappa shape index (κ1) is 27.8. The molecule has 1 saturated heterocycles. The molecular formula is C26H33F2N3O4S2. The highest BCUT2D eigenvalue weighted by Gasteiger charge is 2.29. The van der Waals surface area contributed by atoms with E-state index in [1.54, 1.807) is 28.6 Å². The van der Waals surface area contributed by atoms with Crippen molar-refractivity contribution in [1.82, 2.24) is 13.9 Å². The maximum atomic E-state index is 13.3. The number of sulfonamides is 1. The van der Waals surface area contributed by atoms with Crippen molar-refractivity contribution >= 4 is 32.8 Å². The molecule has 0 radical (unpaired) electrons. The number of alkyl halides is 2. The summed E-state index contributed by atoms with van der Waals surface area (Å²) in [5.74, 6) is 1.03. The number of aryl methyl sites for hydroxylation is 1. The van der Waals surface area contributed by atoms with Crippen LogP contribution in [0.5, 0.6) is 5.75 Å². The molecule has 0 N–H and O–H groups in total. The molecule has 0 saturated carbocycles. The van der Waals surface area contributed by atoms with Gasteiger partial charge in [0.25, 0.3) is 0 Å². The largest absolute Gasteiger partial charge is 0.435 e. The van der Waals surface area contributed by atoms with Crippen LogP contribution >= 0.6 is 11.8 Å². The molecule has 11 heteroatoms. The first-order valence-corrected chi connectivity index (χ1v) is 14.9. The van der Waals surface area contributed by atoms with E-state index in [0.29, 0.717) is 50.0 Å². The Labute approximate surface area is 221 Å². The average molecular weight is 554 g/mol. The topological polar surface area (TPSA) is 73.7 Å². The quantitative estimate of drug-likeness (QED) is 0.209. The molecule has 1 aromatic heterocycles. The summed E-state index contributed by atoms with van der Waals surface area (Å²) in [6.07, 6.45) is 2.70. The van der Waals surface area contributed by atoms with Crippen molar-refractivity contribution in [3.8, 4) is 5.75 Å². The second-order valence-electron chi connectivity index (χ2n) is 9.17. The SMILES string of the molecule is CCOCCCn1c(SCc2ccc(OC(F)F)cc2)nc2cc(S(=O)(=O)N3CCC[C@@H](C)C3)ccc21. The number of imidazole rings is 1. The summed E-state index contributed by atoms with van der Waals surface area (Å²) >= 11 is 1.51. The molecule has 7 nitrogen and oxygen atoms in total. The Morgan fingerprint density at radius 1 is 1.19 bits per heavy atom. The first-order valence-electron chi connectivity index (χ1n) is 12.5. The van der Waals surface area contributed by atoms with E-state index in [-0.39, 0.29) is 10.6 Å². The van der Waals surface area contributed by atoms with Crippen molar-refractivity contribution in [3.05, 3.63) is 48.0 Å². The first-order chi connectivity index (χ1) is 17.8. The smallest absolute Gasteiger partial charge is 0.387 e. The van der Waals surface area contributed by atoms with E-state index in [4.69, 9.17) is 9.72 Å². The van der Waals surface area contributed by atoms with E-state index in [1.807, 2.05) is 13.0 Å². The highest BCUT2D eigenvalue weighted by Crippen LogP contribution is 2.31. The van der Waals surface area contributed by atoms with E-state index in [9.17, 15) is 17.2 Å². The minimum absolute atomic E-state index is 0.115. The van der Waals surface area contributed by atoms with E-state index >= 15 is 0 Å². The molecule has 0 aliphatic carbocycles. The molecule has 1 aliphatic rings. The number of nitrogens with zero attached hydrogens (tertiary/aromatic N) is 3. The van der Waals surface area contributed by atoms with Gasteiger partial charge in [0.2, 0.25) is 10.0 Å². The van der Waals surface area contributed by atoms with Crippen molar-refractivity contribution in [2.45, 2.75) is 62.1 Å². The predicted octanol–water partition coefficient (Wildman–Crippen LogP) is 5.78. The van der Waals surface area contributed by atoms with Gasteiger partial charge in [-0.1, -0.05) is 30.8 Å². The van der Waals surface area contributed by atoms with Gasteiger partial charge in [0, 0.05) is 38.6 Å². The van der Waals surface area contributed by atoms with Crippen molar-refractivity contribution in [1.29, 1.82) is 0 Å². The van der Waals surface area contributed by atoms with Crippen molar-refractivity contribution in [3.63, 3.8) is 0 Å². The van der Waals surface area contributed by atoms with Gasteiger partial charge in [-0.2, -0.15) is 13.1 Å². The van der Waals surface area contributed by atoms with Crippen LogP contribution in [0.4, 0.5) is 8.78 Å². The van der Waals surface area contributed by atoms with Crippen LogP contribution in [0.25, 0.3) is 11.0 Å². The molecule has 2 heterocycles. The fraction of sp³-hybridized carbons (Fsp3) is 0.500. The lowest BCUT2D eigenvalue weighted by Gasteiger charge is -2.30. The average Bonchev–Trinajstić information content (AvgIpc) is 3.22. The van der Waals surface area contributed by atoms with E-state index in [2.05, 4.69) is 16.2 Å². The molecule has 0 spiro atoms. The van der Waals surface area contributed by atoms with Crippen LogP contribution in [0, 0.1) is 5.92 Å². The number of hydrogen-bond donors (Lipinski definition) is 0. The summed E-state index contributed by atoms with van der Waals surface area (Å²) in [4.78, 5) is 5.06. The van der Waals surface area contributed by atoms with Crippen LogP contribution in [-0.4, -0.2) is 55.2 Å². The molecular weight excluding hydrogens is 520 g/mol. The van der Waals surface area contributed by atoms with Crippen molar-refractivity contribution < 1.29 is 26.7 Å². The van der Waals surface area contributed by atoms with E-state index < -0.39 is 16.6 Å². The summed E-state index contributed by atoms with van der Waals surface area (Å²) in [5, 5.41) is 0.764. The minimum Gasteiger partial charge on any atom is -0.435 e. The maximum Gasteiger partial charge on any atom is 0.387 e. The monoisotopic (exact) mass is 553 g/mol. The van der Waals surface area contributed by atoms with Gasteiger partial charge in [0.1, 0.15) is 5.75 Å². The number of rotatable bonds is 12. The minimum atomic E-state index is -3.59. The summed E-state index contributed by atoms with van der Waals surface area (Å²) < 4.78 is 65.1. The Bertz CT molecular complexity index is 1280. The number of piperidine rings is 1. The van der Waals surface area contributed by atoms with Crippen LogP contribution in [0.3, 0.4) is 0 Å². The number of hydrogen-bond acceptors (Lipinski definition) is 6. The lowest BCUT2D eigenvalue weighted by Crippen LogP contribution is -2.39. The molecule has 1 atom stereocenters. The van der Waals surface area contributed by atoms with Gasteiger partial charge in [-0.05, 0) is 68.0 Å². The van der Waals surface area contributed by atoms with E-state index in [0.717, 1.165) is 35.5 Å². The zero-order chi connectivity index (χ0) is 26.4. The number of thioether (sulfide) groups is 1. The van der Waals surface area contributed by atoms with Gasteiger partial charge < -0.3 is 14.0 Å². The number of halogens is 2. The highest BCUT2D eigenvalue weighted by molar-refractivity contribution is 7.98. The van der Waals surface area contributed by atoms with Gasteiger partial charge >= 0.3 is 6.61 Å². The molecule has 0 bridgehead atoms. The molecule has 4 rings (SSSR count). The zero-order valence-electron chi connectivity index (χ0n) is 21.1. The molecule has 2 aromatic carbocycles. The molecule has 0 unspecified atom stereocenters. The second kappa shape index (κ2) is 12.6. The number of ether oxygens (including phenoxy) is 2. The Balaban J connectivity index is 1.57. The maximum absolute atomic E-state index is 13.3. The lowest BCUT2D eigenvalue weighted by atomic mass is 10.0. The zero-order valence-corrected chi connectivity index (χ0v) is 22.7. The Morgan fingerprint density at radius 2 is 1.97 bits per heavy atom. The Morgan fingerprint density at radius 3 is 2.68 bits per heavy atom.